The topological polar surface area (TPSA) is 98.6 Å². The smallest absolute Gasteiger partial charge is 0.192 e. The number of aryl methyl sites for hydroxylation is 2. The number of aromatic nitrogens is 3. The van der Waals surface area contributed by atoms with E-state index in [1.807, 2.05) is 49.1 Å². The van der Waals surface area contributed by atoms with Crippen LogP contribution in [-0.4, -0.2) is 43.4 Å². The molecule has 5 aromatic rings. The number of nitrogens with zero attached hydrogens (tertiary/aromatic N) is 4. The Labute approximate surface area is 246 Å². The van der Waals surface area contributed by atoms with Crippen LogP contribution >= 0.6 is 0 Å². The maximum atomic E-state index is 12.1. The molecular weight excluding hydrogens is 550 g/mol. The quantitative estimate of drug-likeness (QED) is 0.205. The van der Waals surface area contributed by atoms with Crippen molar-refractivity contribution in [2.75, 3.05) is 30.7 Å². The van der Waals surface area contributed by atoms with Gasteiger partial charge < -0.3 is 24.3 Å². The second-order valence-electron chi connectivity index (χ2n) is 10.2. The van der Waals surface area contributed by atoms with Crippen molar-refractivity contribution in [2.24, 2.45) is 7.05 Å². The number of ether oxygens (including phenoxy) is 2. The number of hydrogen-bond acceptors (Lipinski definition) is 8. The molecule has 0 spiro atoms. The zero-order valence-corrected chi connectivity index (χ0v) is 25.3. The van der Waals surface area contributed by atoms with Crippen molar-refractivity contribution in [3.05, 3.63) is 95.9 Å². The Morgan fingerprint density at radius 2 is 1.48 bits per heavy atom. The van der Waals surface area contributed by atoms with E-state index in [4.69, 9.17) is 14.5 Å². The molecule has 218 valence electrons. The van der Waals surface area contributed by atoms with Gasteiger partial charge in [0, 0.05) is 32.1 Å². The van der Waals surface area contributed by atoms with Gasteiger partial charge in [-0.1, -0.05) is 31.2 Å². The molecule has 0 amide bonds. The zero-order chi connectivity index (χ0) is 29.9. The third-order valence-electron chi connectivity index (χ3n) is 7.22. The van der Waals surface area contributed by atoms with Crippen molar-refractivity contribution in [3.8, 4) is 11.5 Å². The molecule has 3 aromatic carbocycles. The van der Waals surface area contributed by atoms with Crippen molar-refractivity contribution in [1.82, 2.24) is 14.5 Å². The van der Waals surface area contributed by atoms with E-state index in [0.29, 0.717) is 19.5 Å². The molecule has 0 aliphatic heterocycles. The van der Waals surface area contributed by atoms with Gasteiger partial charge in [-0.3, -0.25) is 0 Å². The van der Waals surface area contributed by atoms with Gasteiger partial charge in [0.05, 0.1) is 43.6 Å². The summed E-state index contributed by atoms with van der Waals surface area (Å²) in [6, 6.07) is 21.9. The normalized spacial score (nSPS) is 11.5. The van der Waals surface area contributed by atoms with Gasteiger partial charge in [-0.15, -0.1) is 0 Å². The number of imidazole rings is 1. The zero-order valence-electron chi connectivity index (χ0n) is 24.5. The Kier molecular flexibility index (Phi) is 8.35. The Balaban J connectivity index is 1.58. The number of sulfone groups is 1. The predicted molar refractivity (Wildman–Crippen MR) is 167 cm³/mol. The van der Waals surface area contributed by atoms with E-state index < -0.39 is 9.84 Å². The SMILES string of the molecule is CCc1cc(S(C)(=O)=O)ncc1Nc1cc(N(Cc2ccc(OC)cc2)Cc2ccc(OC)cc2)c2ncn(C)c2c1. The molecule has 0 saturated carbocycles. The number of hydrogen-bond donors (Lipinski definition) is 1. The van der Waals surface area contributed by atoms with Crippen LogP contribution in [0.3, 0.4) is 0 Å². The summed E-state index contributed by atoms with van der Waals surface area (Å²) in [6.07, 6.45) is 5.23. The molecule has 0 radical (unpaired) electrons. The molecule has 1 N–H and O–H groups in total. The van der Waals surface area contributed by atoms with Gasteiger partial charge in [-0.05, 0) is 65.6 Å². The van der Waals surface area contributed by atoms with E-state index in [1.165, 1.54) is 6.26 Å². The summed E-state index contributed by atoms with van der Waals surface area (Å²) < 4.78 is 36.9. The number of rotatable bonds is 11. The highest BCUT2D eigenvalue weighted by Gasteiger charge is 2.18. The highest BCUT2D eigenvalue weighted by molar-refractivity contribution is 7.90. The van der Waals surface area contributed by atoms with E-state index >= 15 is 0 Å². The van der Waals surface area contributed by atoms with Crippen LogP contribution in [0.4, 0.5) is 17.1 Å². The molecule has 5 rings (SSSR count). The van der Waals surface area contributed by atoms with Gasteiger partial charge in [-0.2, -0.15) is 0 Å². The maximum Gasteiger partial charge on any atom is 0.192 e. The minimum Gasteiger partial charge on any atom is -0.497 e. The number of methoxy groups -OCH3 is 2. The fraction of sp³-hybridized carbons (Fsp3) is 0.250. The Morgan fingerprint density at radius 1 is 0.881 bits per heavy atom. The van der Waals surface area contributed by atoms with Crippen LogP contribution in [0.5, 0.6) is 11.5 Å². The van der Waals surface area contributed by atoms with Crippen LogP contribution < -0.4 is 19.7 Å². The third-order valence-corrected chi connectivity index (χ3v) is 8.20. The number of benzene rings is 3. The average molecular weight is 586 g/mol. The monoisotopic (exact) mass is 585 g/mol. The molecule has 0 bridgehead atoms. The van der Waals surface area contributed by atoms with Crippen molar-refractivity contribution >= 4 is 37.9 Å². The summed E-state index contributed by atoms with van der Waals surface area (Å²) >= 11 is 0. The lowest BCUT2D eigenvalue weighted by Crippen LogP contribution is -2.22. The van der Waals surface area contributed by atoms with Crippen molar-refractivity contribution in [1.29, 1.82) is 0 Å². The summed E-state index contributed by atoms with van der Waals surface area (Å²) in [5, 5.41) is 3.57. The molecule has 2 aromatic heterocycles. The lowest BCUT2D eigenvalue weighted by molar-refractivity contribution is 0.414. The van der Waals surface area contributed by atoms with E-state index in [2.05, 4.69) is 51.6 Å². The summed E-state index contributed by atoms with van der Waals surface area (Å²) in [5.74, 6) is 1.61. The standard InChI is InChI=1S/C32H35N5O4S/c1-6-24-15-31(42(5,38)39)33-18-28(24)35-25-16-29-32(34-21-36(29)2)30(17-25)37(19-22-7-11-26(40-3)12-8-22)20-23-9-13-27(41-4)14-10-23/h7-18,21,35H,6,19-20H2,1-5H3. The molecule has 0 fully saturated rings. The Bertz CT molecular complexity index is 1750. The van der Waals surface area contributed by atoms with E-state index in [9.17, 15) is 8.42 Å². The van der Waals surface area contributed by atoms with Crippen molar-refractivity contribution in [2.45, 2.75) is 31.5 Å². The van der Waals surface area contributed by atoms with E-state index in [-0.39, 0.29) is 5.03 Å². The average Bonchev–Trinajstić information content (AvgIpc) is 3.37. The number of fused-ring (bicyclic) bond motifs is 1. The fourth-order valence-electron chi connectivity index (χ4n) is 4.89. The van der Waals surface area contributed by atoms with Crippen LogP contribution in [0.1, 0.15) is 23.6 Å². The molecular formula is C32H35N5O4S. The first-order chi connectivity index (χ1) is 20.2. The summed E-state index contributed by atoms with van der Waals surface area (Å²) in [4.78, 5) is 11.3. The molecule has 0 atom stereocenters. The molecule has 0 saturated heterocycles. The number of anilines is 3. The third kappa shape index (κ3) is 6.33. The van der Waals surface area contributed by atoms with Gasteiger partial charge in [-0.25, -0.2) is 18.4 Å². The minimum atomic E-state index is -3.41. The molecule has 0 unspecified atom stereocenters. The van der Waals surface area contributed by atoms with Crippen molar-refractivity contribution in [3.63, 3.8) is 0 Å². The van der Waals surface area contributed by atoms with Gasteiger partial charge in [0.1, 0.15) is 17.0 Å². The van der Waals surface area contributed by atoms with Gasteiger partial charge >= 0.3 is 0 Å². The second-order valence-corrected chi connectivity index (χ2v) is 12.2. The first-order valence-corrected chi connectivity index (χ1v) is 15.5. The second kappa shape index (κ2) is 12.1. The molecule has 0 aliphatic rings. The van der Waals surface area contributed by atoms with Crippen LogP contribution in [0.2, 0.25) is 0 Å². The van der Waals surface area contributed by atoms with Gasteiger partial charge in [0.2, 0.25) is 0 Å². The number of nitrogens with one attached hydrogen (secondary N) is 1. The largest absolute Gasteiger partial charge is 0.497 e. The minimum absolute atomic E-state index is 0.0674. The maximum absolute atomic E-state index is 12.1. The van der Waals surface area contributed by atoms with Gasteiger partial charge in [0.25, 0.3) is 0 Å². The highest BCUT2D eigenvalue weighted by Crippen LogP contribution is 2.34. The first kappa shape index (κ1) is 28.9. The Morgan fingerprint density at radius 3 is 2.00 bits per heavy atom. The van der Waals surface area contributed by atoms with Crippen LogP contribution in [0.25, 0.3) is 11.0 Å². The lowest BCUT2D eigenvalue weighted by atomic mass is 10.1. The van der Waals surface area contributed by atoms with E-state index in [1.54, 1.807) is 26.5 Å². The number of pyridine rings is 1. The van der Waals surface area contributed by atoms with Gasteiger partial charge in [0.15, 0.2) is 14.9 Å². The molecule has 0 aliphatic carbocycles. The van der Waals surface area contributed by atoms with Crippen LogP contribution in [0.15, 0.2) is 84.3 Å². The van der Waals surface area contributed by atoms with E-state index in [0.717, 1.165) is 56.3 Å². The highest BCUT2D eigenvalue weighted by atomic mass is 32.2. The molecule has 9 nitrogen and oxygen atoms in total. The van der Waals surface area contributed by atoms with Crippen LogP contribution in [-0.2, 0) is 36.4 Å². The predicted octanol–water partition coefficient (Wildman–Crippen LogP) is 5.90. The summed E-state index contributed by atoms with van der Waals surface area (Å²) in [6.45, 7) is 3.26. The fourth-order valence-corrected chi connectivity index (χ4v) is 5.49. The molecule has 42 heavy (non-hydrogen) atoms. The lowest BCUT2D eigenvalue weighted by Gasteiger charge is -2.27. The Hall–Kier alpha value is -4.57. The summed E-state index contributed by atoms with van der Waals surface area (Å²) in [5.41, 5.74) is 7.52. The van der Waals surface area contributed by atoms with Crippen LogP contribution in [0, 0.1) is 0 Å². The van der Waals surface area contributed by atoms with Crippen molar-refractivity contribution < 1.29 is 17.9 Å². The first-order valence-electron chi connectivity index (χ1n) is 13.6. The molecule has 10 heteroatoms. The molecule has 2 heterocycles. The summed E-state index contributed by atoms with van der Waals surface area (Å²) in [7, 11) is 1.89.